The molecule has 0 heterocycles. The lowest BCUT2D eigenvalue weighted by molar-refractivity contribution is 0.215. The quantitative estimate of drug-likeness (QED) is 0.864. The molecule has 0 aliphatic heterocycles. The van der Waals surface area contributed by atoms with E-state index in [0.29, 0.717) is 6.04 Å². The van der Waals surface area contributed by atoms with Crippen LogP contribution in [0.1, 0.15) is 51.8 Å². The van der Waals surface area contributed by atoms with Gasteiger partial charge in [0.25, 0.3) is 0 Å². The molecule has 1 rings (SSSR count). The first-order valence-corrected chi connectivity index (χ1v) is 7.36. The highest BCUT2D eigenvalue weighted by atomic mass is 15.2. The zero-order valence-corrected chi connectivity index (χ0v) is 13.4. The number of hydrogen-bond acceptors (Lipinski definition) is 3. The maximum absolute atomic E-state index is 9.00. The van der Waals surface area contributed by atoms with E-state index in [0.717, 1.165) is 25.2 Å². The molecule has 20 heavy (non-hydrogen) atoms. The molecule has 110 valence electrons. The molecule has 3 heteroatoms. The van der Waals surface area contributed by atoms with Crippen molar-refractivity contribution in [1.82, 2.24) is 10.2 Å². The second-order valence-electron chi connectivity index (χ2n) is 6.22. The van der Waals surface area contributed by atoms with Crippen LogP contribution >= 0.6 is 0 Å². The van der Waals surface area contributed by atoms with Crippen LogP contribution in [0.15, 0.2) is 24.3 Å². The highest BCUT2D eigenvalue weighted by molar-refractivity contribution is 5.34. The van der Waals surface area contributed by atoms with E-state index in [-0.39, 0.29) is 5.54 Å². The van der Waals surface area contributed by atoms with E-state index >= 15 is 0 Å². The maximum Gasteiger partial charge on any atom is 0.0991 e. The number of nitriles is 1. The fourth-order valence-corrected chi connectivity index (χ4v) is 2.28. The molecular weight excluding hydrogens is 246 g/mol. The smallest absolute Gasteiger partial charge is 0.0991 e. The summed E-state index contributed by atoms with van der Waals surface area (Å²) in [6, 6.07) is 10.5. The Morgan fingerprint density at radius 3 is 2.60 bits per heavy atom. The summed E-state index contributed by atoms with van der Waals surface area (Å²) < 4.78 is 0. The van der Waals surface area contributed by atoms with E-state index in [9.17, 15) is 0 Å². The van der Waals surface area contributed by atoms with Crippen molar-refractivity contribution in [3.63, 3.8) is 0 Å². The van der Waals surface area contributed by atoms with Gasteiger partial charge in [-0.3, -0.25) is 4.90 Å². The Kier molecular flexibility index (Phi) is 6.19. The van der Waals surface area contributed by atoms with Crippen molar-refractivity contribution >= 4 is 0 Å². The van der Waals surface area contributed by atoms with Crippen LogP contribution in [0.3, 0.4) is 0 Å². The van der Waals surface area contributed by atoms with Gasteiger partial charge < -0.3 is 5.32 Å². The molecule has 0 fully saturated rings. The lowest BCUT2D eigenvalue weighted by Crippen LogP contribution is -2.42. The molecule has 0 bridgehead atoms. The summed E-state index contributed by atoms with van der Waals surface area (Å²) in [6.45, 7) is 13.9. The van der Waals surface area contributed by atoms with Gasteiger partial charge in [-0.1, -0.05) is 19.1 Å². The first kappa shape index (κ1) is 16.7. The van der Waals surface area contributed by atoms with E-state index in [1.807, 2.05) is 18.2 Å². The van der Waals surface area contributed by atoms with Gasteiger partial charge in [-0.25, -0.2) is 0 Å². The van der Waals surface area contributed by atoms with Crippen molar-refractivity contribution in [3.05, 3.63) is 35.4 Å². The van der Waals surface area contributed by atoms with E-state index < -0.39 is 0 Å². The maximum atomic E-state index is 9.00. The molecule has 0 spiro atoms. The molecule has 0 radical (unpaired) electrons. The molecule has 1 aromatic carbocycles. The average molecular weight is 273 g/mol. The minimum absolute atomic E-state index is 0.156. The zero-order valence-electron chi connectivity index (χ0n) is 13.4. The number of hydrogen-bond donors (Lipinski definition) is 1. The lowest BCUT2D eigenvalue weighted by Gasteiger charge is -2.30. The third-order valence-electron chi connectivity index (χ3n) is 3.51. The Morgan fingerprint density at radius 1 is 1.35 bits per heavy atom. The van der Waals surface area contributed by atoms with Crippen LogP contribution < -0.4 is 5.32 Å². The fourth-order valence-electron chi connectivity index (χ4n) is 2.28. The van der Waals surface area contributed by atoms with E-state index in [2.05, 4.69) is 57.0 Å². The molecule has 1 aromatic rings. The van der Waals surface area contributed by atoms with Crippen molar-refractivity contribution in [2.75, 3.05) is 19.6 Å². The summed E-state index contributed by atoms with van der Waals surface area (Å²) in [4.78, 5) is 2.43. The molecular formula is C17H27N3. The topological polar surface area (TPSA) is 39.1 Å². The number of nitrogens with zero attached hydrogens (tertiary/aromatic N) is 2. The van der Waals surface area contributed by atoms with Crippen molar-refractivity contribution in [3.8, 4) is 6.07 Å². The zero-order chi connectivity index (χ0) is 15.2. The summed E-state index contributed by atoms with van der Waals surface area (Å²) in [5.74, 6) is 0. The number of benzene rings is 1. The molecule has 0 saturated carbocycles. The Bertz CT molecular complexity index is 454. The lowest BCUT2D eigenvalue weighted by atomic mass is 10.0. The Balaban J connectivity index is 2.66. The second-order valence-corrected chi connectivity index (χ2v) is 6.22. The van der Waals surface area contributed by atoms with E-state index in [1.54, 1.807) is 0 Å². The molecule has 1 N–H and O–H groups in total. The summed E-state index contributed by atoms with van der Waals surface area (Å²) in [7, 11) is 0. The highest BCUT2D eigenvalue weighted by Crippen LogP contribution is 2.20. The van der Waals surface area contributed by atoms with Gasteiger partial charge >= 0.3 is 0 Å². The molecule has 1 unspecified atom stereocenters. The van der Waals surface area contributed by atoms with Crippen molar-refractivity contribution in [1.29, 1.82) is 5.26 Å². The number of nitrogens with one attached hydrogen (secondary N) is 1. The Morgan fingerprint density at radius 2 is 2.05 bits per heavy atom. The summed E-state index contributed by atoms with van der Waals surface area (Å²) >= 11 is 0. The van der Waals surface area contributed by atoms with Crippen LogP contribution in [0, 0.1) is 11.3 Å². The molecule has 1 atom stereocenters. The molecule has 0 aliphatic rings. The van der Waals surface area contributed by atoms with Gasteiger partial charge in [-0.05, 0) is 51.9 Å². The Labute approximate surface area is 123 Å². The van der Waals surface area contributed by atoms with Gasteiger partial charge in [0.2, 0.25) is 0 Å². The largest absolute Gasteiger partial charge is 0.311 e. The first-order chi connectivity index (χ1) is 9.37. The third-order valence-corrected chi connectivity index (χ3v) is 3.51. The van der Waals surface area contributed by atoms with E-state index in [4.69, 9.17) is 5.26 Å². The van der Waals surface area contributed by atoms with Crippen LogP contribution in [0.4, 0.5) is 0 Å². The first-order valence-electron chi connectivity index (χ1n) is 7.36. The summed E-state index contributed by atoms with van der Waals surface area (Å²) in [6.07, 6.45) is 0. The molecule has 0 saturated heterocycles. The average Bonchev–Trinajstić information content (AvgIpc) is 2.42. The SMILES string of the molecule is CCN(CCNC(C)(C)C)C(C)c1cccc(C#N)c1. The van der Waals surface area contributed by atoms with E-state index in [1.165, 1.54) is 5.56 Å². The number of rotatable bonds is 6. The Hall–Kier alpha value is -1.37. The van der Waals surface area contributed by atoms with Gasteiger partial charge in [-0.2, -0.15) is 5.26 Å². The predicted molar refractivity (Wildman–Crippen MR) is 84.6 cm³/mol. The summed E-state index contributed by atoms with van der Waals surface area (Å²) in [5.41, 5.74) is 2.10. The van der Waals surface area contributed by atoms with Crippen LogP contribution in [-0.4, -0.2) is 30.1 Å². The van der Waals surface area contributed by atoms with Gasteiger partial charge in [0.15, 0.2) is 0 Å². The van der Waals surface area contributed by atoms with Crippen molar-refractivity contribution in [2.24, 2.45) is 0 Å². The standard InChI is InChI=1S/C17H27N3/c1-6-20(11-10-19-17(3,4)5)14(2)16-9-7-8-15(12-16)13-18/h7-9,12,14,19H,6,10-11H2,1-5H3. The molecule has 0 aromatic heterocycles. The summed E-state index contributed by atoms with van der Waals surface area (Å²) in [5, 5.41) is 12.5. The van der Waals surface area contributed by atoms with Gasteiger partial charge in [0.1, 0.15) is 0 Å². The third kappa shape index (κ3) is 5.32. The normalized spacial score (nSPS) is 13.2. The minimum Gasteiger partial charge on any atom is -0.311 e. The molecule has 0 aliphatic carbocycles. The second kappa shape index (κ2) is 7.42. The van der Waals surface area contributed by atoms with Crippen LogP contribution in [0.25, 0.3) is 0 Å². The van der Waals surface area contributed by atoms with Crippen LogP contribution in [0.2, 0.25) is 0 Å². The minimum atomic E-state index is 0.156. The van der Waals surface area contributed by atoms with Crippen LogP contribution in [-0.2, 0) is 0 Å². The van der Waals surface area contributed by atoms with Crippen molar-refractivity contribution < 1.29 is 0 Å². The van der Waals surface area contributed by atoms with Gasteiger partial charge in [-0.15, -0.1) is 0 Å². The number of likely N-dealkylation sites (N-methyl/N-ethyl adjacent to an activating group) is 1. The molecule has 3 nitrogen and oxygen atoms in total. The monoisotopic (exact) mass is 273 g/mol. The van der Waals surface area contributed by atoms with Gasteiger partial charge in [0, 0.05) is 24.7 Å². The van der Waals surface area contributed by atoms with Crippen molar-refractivity contribution in [2.45, 2.75) is 46.2 Å². The van der Waals surface area contributed by atoms with Crippen LogP contribution in [0.5, 0.6) is 0 Å². The predicted octanol–water partition coefficient (Wildman–Crippen LogP) is 3.33. The fraction of sp³-hybridized carbons (Fsp3) is 0.588. The highest BCUT2D eigenvalue weighted by Gasteiger charge is 2.15. The van der Waals surface area contributed by atoms with Gasteiger partial charge in [0.05, 0.1) is 11.6 Å². The molecule has 0 amide bonds.